The molecule has 0 aliphatic rings. The molecule has 0 fully saturated rings. The number of carbonyl (C=O) groups excluding carboxylic acids is 1. The number of halogens is 2. The minimum absolute atomic E-state index is 0.109. The van der Waals surface area contributed by atoms with E-state index in [1.165, 1.54) is 12.3 Å². The molecule has 116 valence electrons. The van der Waals surface area contributed by atoms with Gasteiger partial charge in [0.25, 0.3) is 0 Å². The maximum atomic E-state index is 13.2. The summed E-state index contributed by atoms with van der Waals surface area (Å²) in [6.45, 7) is 1.73. The third-order valence-electron chi connectivity index (χ3n) is 2.82. The molecule has 0 aliphatic carbocycles. The van der Waals surface area contributed by atoms with Gasteiger partial charge in [0, 0.05) is 24.4 Å². The van der Waals surface area contributed by atoms with Crippen LogP contribution < -0.4 is 15.8 Å². The minimum Gasteiger partial charge on any atom is -0.439 e. The standard InChI is InChI=1S/C15H15F2N3O2/c1-9(18)14(21)20-8-10-3-2-6-19-15(10)22-11-4-5-12(16)13(17)7-11/h2-7,9H,8,18H2,1H3,(H,20,21)/t9-/m1/s1. The lowest BCUT2D eigenvalue weighted by Crippen LogP contribution is -2.37. The Morgan fingerprint density at radius 3 is 2.82 bits per heavy atom. The van der Waals surface area contributed by atoms with Crippen molar-refractivity contribution in [2.24, 2.45) is 5.73 Å². The molecule has 0 unspecified atom stereocenters. The topological polar surface area (TPSA) is 77.2 Å². The van der Waals surface area contributed by atoms with Crippen LogP contribution >= 0.6 is 0 Å². The number of nitrogens with zero attached hydrogens (tertiary/aromatic N) is 1. The lowest BCUT2D eigenvalue weighted by molar-refractivity contribution is -0.122. The number of hydrogen-bond acceptors (Lipinski definition) is 4. The van der Waals surface area contributed by atoms with Crippen LogP contribution in [0.5, 0.6) is 11.6 Å². The zero-order valence-electron chi connectivity index (χ0n) is 11.8. The number of nitrogens with two attached hydrogens (primary N) is 1. The van der Waals surface area contributed by atoms with Gasteiger partial charge in [-0.1, -0.05) is 6.07 Å². The van der Waals surface area contributed by atoms with Crippen molar-refractivity contribution in [3.8, 4) is 11.6 Å². The van der Waals surface area contributed by atoms with Gasteiger partial charge in [0.15, 0.2) is 11.6 Å². The van der Waals surface area contributed by atoms with Crippen molar-refractivity contribution in [2.45, 2.75) is 19.5 Å². The van der Waals surface area contributed by atoms with Crippen LogP contribution in [0.4, 0.5) is 8.78 Å². The third-order valence-corrected chi connectivity index (χ3v) is 2.82. The fourth-order valence-electron chi connectivity index (χ4n) is 1.65. The van der Waals surface area contributed by atoms with Crippen LogP contribution in [-0.2, 0) is 11.3 Å². The first kappa shape index (κ1) is 15.8. The van der Waals surface area contributed by atoms with Gasteiger partial charge in [0.1, 0.15) is 5.75 Å². The Hall–Kier alpha value is -2.54. The van der Waals surface area contributed by atoms with Crippen LogP contribution in [0.1, 0.15) is 12.5 Å². The lowest BCUT2D eigenvalue weighted by Gasteiger charge is -2.12. The van der Waals surface area contributed by atoms with Gasteiger partial charge >= 0.3 is 0 Å². The number of carbonyl (C=O) groups is 1. The molecule has 0 saturated heterocycles. The first-order valence-corrected chi connectivity index (χ1v) is 6.57. The van der Waals surface area contributed by atoms with E-state index in [9.17, 15) is 13.6 Å². The van der Waals surface area contributed by atoms with Crippen molar-refractivity contribution in [1.82, 2.24) is 10.3 Å². The molecule has 7 heteroatoms. The summed E-state index contributed by atoms with van der Waals surface area (Å²) in [6.07, 6.45) is 1.49. The second-order valence-electron chi connectivity index (χ2n) is 4.65. The Morgan fingerprint density at radius 1 is 1.36 bits per heavy atom. The zero-order valence-corrected chi connectivity index (χ0v) is 11.8. The number of rotatable bonds is 5. The number of aromatic nitrogens is 1. The summed E-state index contributed by atoms with van der Waals surface area (Å²) < 4.78 is 31.5. The molecule has 1 amide bonds. The predicted molar refractivity (Wildman–Crippen MR) is 76.2 cm³/mol. The summed E-state index contributed by atoms with van der Waals surface area (Å²) in [5, 5.41) is 2.63. The maximum Gasteiger partial charge on any atom is 0.236 e. The van der Waals surface area contributed by atoms with Gasteiger partial charge in [-0.25, -0.2) is 13.8 Å². The molecule has 0 aliphatic heterocycles. The Balaban J connectivity index is 2.14. The van der Waals surface area contributed by atoms with E-state index < -0.39 is 17.7 Å². The molecule has 22 heavy (non-hydrogen) atoms. The Bertz CT molecular complexity index is 678. The fraction of sp³-hybridized carbons (Fsp3) is 0.200. The number of benzene rings is 1. The number of amides is 1. The lowest BCUT2D eigenvalue weighted by atomic mass is 10.2. The first-order valence-electron chi connectivity index (χ1n) is 6.57. The van der Waals surface area contributed by atoms with Crippen molar-refractivity contribution < 1.29 is 18.3 Å². The quantitative estimate of drug-likeness (QED) is 0.887. The monoisotopic (exact) mass is 307 g/mol. The van der Waals surface area contributed by atoms with Crippen LogP contribution in [-0.4, -0.2) is 16.9 Å². The summed E-state index contributed by atoms with van der Waals surface area (Å²) >= 11 is 0. The summed E-state index contributed by atoms with van der Waals surface area (Å²) in [6, 6.07) is 5.92. The highest BCUT2D eigenvalue weighted by Crippen LogP contribution is 2.24. The molecule has 5 nitrogen and oxygen atoms in total. The van der Waals surface area contributed by atoms with E-state index in [1.807, 2.05) is 0 Å². The summed E-state index contributed by atoms with van der Waals surface area (Å²) in [4.78, 5) is 15.5. The van der Waals surface area contributed by atoms with Crippen molar-refractivity contribution in [3.63, 3.8) is 0 Å². The van der Waals surface area contributed by atoms with Gasteiger partial charge < -0.3 is 15.8 Å². The average molecular weight is 307 g/mol. The molecule has 2 rings (SSSR count). The minimum atomic E-state index is -1.01. The Morgan fingerprint density at radius 2 is 2.14 bits per heavy atom. The molecule has 0 spiro atoms. The van der Waals surface area contributed by atoms with E-state index in [4.69, 9.17) is 10.5 Å². The first-order chi connectivity index (χ1) is 10.5. The third kappa shape index (κ3) is 3.98. The van der Waals surface area contributed by atoms with Gasteiger partial charge in [0.05, 0.1) is 6.04 Å². The van der Waals surface area contributed by atoms with Gasteiger partial charge in [-0.3, -0.25) is 4.79 Å². The highest BCUT2D eigenvalue weighted by atomic mass is 19.2. The second-order valence-corrected chi connectivity index (χ2v) is 4.65. The van der Waals surface area contributed by atoms with E-state index in [0.717, 1.165) is 12.1 Å². The fourth-order valence-corrected chi connectivity index (χ4v) is 1.65. The molecule has 1 atom stereocenters. The molecule has 0 bridgehead atoms. The summed E-state index contributed by atoms with van der Waals surface area (Å²) in [7, 11) is 0. The maximum absolute atomic E-state index is 13.2. The second kappa shape index (κ2) is 6.95. The van der Waals surface area contributed by atoms with E-state index in [0.29, 0.717) is 5.56 Å². The molecule has 0 radical (unpaired) electrons. The van der Waals surface area contributed by atoms with Crippen molar-refractivity contribution >= 4 is 5.91 Å². The van der Waals surface area contributed by atoms with Crippen molar-refractivity contribution in [2.75, 3.05) is 0 Å². The number of ether oxygens (including phenoxy) is 1. The van der Waals surface area contributed by atoms with Gasteiger partial charge in [-0.15, -0.1) is 0 Å². The average Bonchev–Trinajstić information content (AvgIpc) is 2.49. The molecule has 2 aromatic rings. The summed E-state index contributed by atoms with van der Waals surface area (Å²) in [5.74, 6) is -1.99. The highest BCUT2D eigenvalue weighted by molar-refractivity contribution is 5.80. The van der Waals surface area contributed by atoms with Crippen LogP contribution in [0.15, 0.2) is 36.5 Å². The molecule has 3 N–H and O–H groups in total. The van der Waals surface area contributed by atoms with Crippen LogP contribution in [0.3, 0.4) is 0 Å². The van der Waals surface area contributed by atoms with E-state index in [-0.39, 0.29) is 24.1 Å². The van der Waals surface area contributed by atoms with Gasteiger partial charge in [-0.05, 0) is 25.1 Å². The Kier molecular flexibility index (Phi) is 5.00. The highest BCUT2D eigenvalue weighted by Gasteiger charge is 2.11. The smallest absolute Gasteiger partial charge is 0.236 e. The predicted octanol–water partition coefficient (Wildman–Crippen LogP) is 2.12. The van der Waals surface area contributed by atoms with Crippen molar-refractivity contribution in [1.29, 1.82) is 0 Å². The molecule has 0 saturated carbocycles. The molecular formula is C15H15F2N3O2. The van der Waals surface area contributed by atoms with E-state index in [2.05, 4.69) is 10.3 Å². The van der Waals surface area contributed by atoms with Crippen LogP contribution in [0.25, 0.3) is 0 Å². The normalized spacial score (nSPS) is 11.8. The molecule has 1 heterocycles. The van der Waals surface area contributed by atoms with E-state index in [1.54, 1.807) is 19.1 Å². The molecule has 1 aromatic carbocycles. The van der Waals surface area contributed by atoms with Crippen LogP contribution in [0, 0.1) is 11.6 Å². The molecular weight excluding hydrogens is 292 g/mol. The summed E-state index contributed by atoms with van der Waals surface area (Å²) in [5.41, 5.74) is 6.04. The number of nitrogens with one attached hydrogen (secondary N) is 1. The zero-order chi connectivity index (χ0) is 16.1. The van der Waals surface area contributed by atoms with E-state index >= 15 is 0 Å². The van der Waals surface area contributed by atoms with Gasteiger partial charge in [-0.2, -0.15) is 0 Å². The van der Waals surface area contributed by atoms with Crippen molar-refractivity contribution in [3.05, 3.63) is 53.7 Å². The van der Waals surface area contributed by atoms with Gasteiger partial charge in [0.2, 0.25) is 11.8 Å². The molecule has 1 aromatic heterocycles. The SMILES string of the molecule is C[C@@H](N)C(=O)NCc1cccnc1Oc1ccc(F)c(F)c1. The Labute approximate surface area is 126 Å². The van der Waals surface area contributed by atoms with Crippen LogP contribution in [0.2, 0.25) is 0 Å². The number of pyridine rings is 1. The number of hydrogen-bond donors (Lipinski definition) is 2. The largest absolute Gasteiger partial charge is 0.439 e.